The molecule has 1 saturated heterocycles. The average Bonchev–Trinajstić information content (AvgIpc) is 2.87. The van der Waals surface area contributed by atoms with Gasteiger partial charge >= 0.3 is 0 Å². The van der Waals surface area contributed by atoms with Crippen molar-refractivity contribution < 1.29 is 4.79 Å². The molecule has 0 aromatic carbocycles. The van der Waals surface area contributed by atoms with Crippen molar-refractivity contribution in [3.63, 3.8) is 0 Å². The van der Waals surface area contributed by atoms with Crippen molar-refractivity contribution >= 4 is 22.8 Å². The minimum absolute atomic E-state index is 0.157. The van der Waals surface area contributed by atoms with Crippen LogP contribution >= 0.6 is 11.8 Å². The Hall–Kier alpha value is -0.710. The number of amidine groups is 1. The molecule has 0 aromatic heterocycles. The van der Waals surface area contributed by atoms with Crippen LogP contribution in [0.1, 0.15) is 40.0 Å². The van der Waals surface area contributed by atoms with Gasteiger partial charge in [0.15, 0.2) is 5.17 Å². The highest BCUT2D eigenvalue weighted by atomic mass is 32.2. The zero-order chi connectivity index (χ0) is 13.8. The summed E-state index contributed by atoms with van der Waals surface area (Å²) in [5.41, 5.74) is 0. The molecule has 4 nitrogen and oxygen atoms in total. The van der Waals surface area contributed by atoms with Gasteiger partial charge in [0.1, 0.15) is 6.04 Å². The van der Waals surface area contributed by atoms with E-state index < -0.39 is 0 Å². The maximum absolute atomic E-state index is 12.3. The number of rotatable bonds is 3. The van der Waals surface area contributed by atoms with E-state index in [1.165, 1.54) is 6.42 Å². The summed E-state index contributed by atoms with van der Waals surface area (Å²) in [4.78, 5) is 18.9. The summed E-state index contributed by atoms with van der Waals surface area (Å²) >= 11 is 1.74. The summed E-state index contributed by atoms with van der Waals surface area (Å²) in [5.74, 6) is 1.82. The van der Waals surface area contributed by atoms with Crippen molar-refractivity contribution in [1.82, 2.24) is 10.2 Å². The Labute approximate surface area is 120 Å². The molecular formula is C14H25N3OS. The molecule has 0 aromatic rings. The molecule has 2 aliphatic heterocycles. The Balaban J connectivity index is 1.85. The second-order valence-electron chi connectivity index (χ2n) is 5.81. The first-order valence-corrected chi connectivity index (χ1v) is 8.32. The van der Waals surface area contributed by atoms with E-state index in [1.54, 1.807) is 11.8 Å². The van der Waals surface area contributed by atoms with Crippen molar-refractivity contribution in [2.45, 2.75) is 52.1 Å². The van der Waals surface area contributed by atoms with Gasteiger partial charge in [-0.25, -0.2) is 0 Å². The van der Waals surface area contributed by atoms with Crippen LogP contribution in [0.3, 0.4) is 0 Å². The Bertz CT molecular complexity index is 351. The van der Waals surface area contributed by atoms with Gasteiger partial charge in [0.25, 0.3) is 0 Å². The number of hydrogen-bond acceptors (Lipinski definition) is 4. The molecule has 19 heavy (non-hydrogen) atoms. The third-order valence-corrected chi connectivity index (χ3v) is 4.83. The molecule has 0 bridgehead atoms. The topological polar surface area (TPSA) is 44.7 Å². The SMILES string of the molecule is CC(NC1=N[C@@H](C(C)C)CS1)C(=O)N1CCCCC1. The Morgan fingerprint density at radius 3 is 2.58 bits per heavy atom. The number of carbonyl (C=O) groups is 1. The van der Waals surface area contributed by atoms with Crippen LogP contribution in [0.2, 0.25) is 0 Å². The molecule has 1 N–H and O–H groups in total. The number of hydrogen-bond donors (Lipinski definition) is 1. The standard InChI is InChI=1S/C14H25N3OS/c1-10(2)12-9-19-14(16-12)15-11(3)13(18)17-7-5-4-6-8-17/h10-12H,4-9H2,1-3H3,(H,15,16)/t11?,12-/m1/s1. The van der Waals surface area contributed by atoms with Gasteiger partial charge in [-0.15, -0.1) is 0 Å². The predicted molar refractivity (Wildman–Crippen MR) is 81.5 cm³/mol. The fraction of sp³-hybridized carbons (Fsp3) is 0.857. The molecule has 1 fully saturated rings. The fourth-order valence-corrected chi connectivity index (χ4v) is 3.70. The second-order valence-corrected chi connectivity index (χ2v) is 6.82. The molecule has 0 aliphatic carbocycles. The quantitative estimate of drug-likeness (QED) is 0.863. The number of nitrogens with zero attached hydrogens (tertiary/aromatic N) is 2. The number of thioether (sulfide) groups is 1. The summed E-state index contributed by atoms with van der Waals surface area (Å²) in [6.45, 7) is 8.17. The predicted octanol–water partition coefficient (Wildman–Crippen LogP) is 2.10. The second kappa shape index (κ2) is 6.64. The van der Waals surface area contributed by atoms with E-state index in [9.17, 15) is 4.79 Å². The first-order chi connectivity index (χ1) is 9.08. The van der Waals surface area contributed by atoms with Gasteiger partial charge in [-0.2, -0.15) is 0 Å². The van der Waals surface area contributed by atoms with Crippen LogP contribution in [0.15, 0.2) is 4.99 Å². The third kappa shape index (κ3) is 3.88. The number of aliphatic imine (C=N–C) groups is 1. The zero-order valence-electron chi connectivity index (χ0n) is 12.2. The van der Waals surface area contributed by atoms with Crippen LogP contribution in [0, 0.1) is 5.92 Å². The lowest BCUT2D eigenvalue weighted by Gasteiger charge is -2.29. The van der Waals surface area contributed by atoms with Crippen molar-refractivity contribution in [2.75, 3.05) is 18.8 Å². The van der Waals surface area contributed by atoms with Crippen molar-refractivity contribution in [2.24, 2.45) is 10.9 Å². The normalized spacial score (nSPS) is 25.4. The van der Waals surface area contributed by atoms with Crippen molar-refractivity contribution in [1.29, 1.82) is 0 Å². The number of piperidine rings is 1. The van der Waals surface area contributed by atoms with Gasteiger partial charge in [0.05, 0.1) is 6.04 Å². The third-order valence-electron chi connectivity index (χ3n) is 3.82. The molecule has 2 aliphatic rings. The summed E-state index contributed by atoms with van der Waals surface area (Å²) in [6.07, 6.45) is 3.54. The van der Waals surface area contributed by atoms with Crippen molar-refractivity contribution in [3.8, 4) is 0 Å². The highest BCUT2D eigenvalue weighted by Gasteiger charge is 2.26. The molecule has 0 radical (unpaired) electrons. The van der Waals surface area contributed by atoms with Crippen LogP contribution < -0.4 is 5.32 Å². The van der Waals surface area contributed by atoms with Gasteiger partial charge in [-0.3, -0.25) is 9.79 Å². The van der Waals surface area contributed by atoms with Gasteiger partial charge in [-0.05, 0) is 32.1 Å². The molecule has 2 heterocycles. The maximum atomic E-state index is 12.3. The van der Waals surface area contributed by atoms with Crippen LogP contribution in [-0.2, 0) is 4.79 Å². The lowest BCUT2D eigenvalue weighted by atomic mass is 10.1. The first-order valence-electron chi connectivity index (χ1n) is 7.34. The monoisotopic (exact) mass is 283 g/mol. The molecule has 5 heteroatoms. The van der Waals surface area contributed by atoms with E-state index in [4.69, 9.17) is 0 Å². The molecule has 2 rings (SSSR count). The molecule has 108 valence electrons. The number of likely N-dealkylation sites (tertiary alicyclic amines) is 1. The highest BCUT2D eigenvalue weighted by molar-refractivity contribution is 8.14. The Morgan fingerprint density at radius 2 is 2.00 bits per heavy atom. The van der Waals surface area contributed by atoms with Gasteiger partial charge in [0, 0.05) is 18.8 Å². The highest BCUT2D eigenvalue weighted by Crippen LogP contribution is 2.22. The first kappa shape index (κ1) is 14.7. The lowest BCUT2D eigenvalue weighted by molar-refractivity contribution is -0.133. The summed E-state index contributed by atoms with van der Waals surface area (Å²) in [5, 5.41) is 4.22. The Kier molecular flexibility index (Phi) is 5.13. The van der Waals surface area contributed by atoms with Gasteiger partial charge < -0.3 is 10.2 Å². The van der Waals surface area contributed by atoms with Gasteiger partial charge in [0.2, 0.25) is 5.91 Å². The molecule has 0 saturated carbocycles. The van der Waals surface area contributed by atoms with Crippen LogP contribution in [0.4, 0.5) is 0 Å². The van der Waals surface area contributed by atoms with E-state index >= 15 is 0 Å². The van der Waals surface area contributed by atoms with E-state index in [0.29, 0.717) is 12.0 Å². The van der Waals surface area contributed by atoms with E-state index in [2.05, 4.69) is 24.2 Å². The average molecular weight is 283 g/mol. The Morgan fingerprint density at radius 1 is 1.32 bits per heavy atom. The molecule has 2 atom stereocenters. The minimum Gasteiger partial charge on any atom is -0.353 e. The van der Waals surface area contributed by atoms with Crippen LogP contribution in [0.5, 0.6) is 0 Å². The summed E-state index contributed by atoms with van der Waals surface area (Å²) in [6, 6.07) is 0.236. The van der Waals surface area contributed by atoms with Crippen molar-refractivity contribution in [3.05, 3.63) is 0 Å². The largest absolute Gasteiger partial charge is 0.353 e. The van der Waals surface area contributed by atoms with Crippen LogP contribution in [0.25, 0.3) is 0 Å². The summed E-state index contributed by atoms with van der Waals surface area (Å²) in [7, 11) is 0. The van der Waals surface area contributed by atoms with E-state index in [-0.39, 0.29) is 11.9 Å². The number of nitrogens with one attached hydrogen (secondary N) is 1. The lowest BCUT2D eigenvalue weighted by Crippen LogP contribution is -2.47. The fourth-order valence-electron chi connectivity index (χ4n) is 2.45. The van der Waals surface area contributed by atoms with Gasteiger partial charge in [-0.1, -0.05) is 25.6 Å². The molecule has 1 amide bonds. The minimum atomic E-state index is -0.157. The number of amides is 1. The molecular weight excluding hydrogens is 258 g/mol. The zero-order valence-corrected chi connectivity index (χ0v) is 13.0. The smallest absolute Gasteiger partial charge is 0.244 e. The van der Waals surface area contributed by atoms with E-state index in [1.807, 2.05) is 11.8 Å². The number of carbonyl (C=O) groups excluding carboxylic acids is 1. The van der Waals surface area contributed by atoms with Crippen LogP contribution in [-0.4, -0.2) is 46.9 Å². The molecule has 1 unspecified atom stereocenters. The summed E-state index contributed by atoms with van der Waals surface area (Å²) < 4.78 is 0. The van der Waals surface area contributed by atoms with E-state index in [0.717, 1.165) is 36.9 Å². The molecule has 0 spiro atoms. The maximum Gasteiger partial charge on any atom is 0.244 e.